The molecule has 2 aromatic rings. The van der Waals surface area contributed by atoms with Gasteiger partial charge in [-0.2, -0.15) is 0 Å². The summed E-state index contributed by atoms with van der Waals surface area (Å²) in [5.41, 5.74) is -0.426. The number of ether oxygens (including phenoxy) is 1. The number of amides is 1. The van der Waals surface area contributed by atoms with Gasteiger partial charge in [-0.05, 0) is 32.4 Å². The highest BCUT2D eigenvalue weighted by Gasteiger charge is 2.26. The molecule has 32 heavy (non-hydrogen) atoms. The first-order valence-corrected chi connectivity index (χ1v) is 10.3. The van der Waals surface area contributed by atoms with E-state index in [9.17, 15) is 24.6 Å². The van der Waals surface area contributed by atoms with Crippen LogP contribution >= 0.6 is 0 Å². The van der Waals surface area contributed by atoms with Gasteiger partial charge in [-0.25, -0.2) is 14.6 Å². The van der Waals surface area contributed by atoms with Gasteiger partial charge in [0.2, 0.25) is 5.75 Å². The van der Waals surface area contributed by atoms with Crippen LogP contribution in [0, 0.1) is 0 Å². The SMILES string of the molecule is CC(C)(C)OC(=O)N1CCN(Cc2ncn(Cc3ccccc3C(=O)O)c(=O)c2O)CC1. The second kappa shape index (κ2) is 9.39. The summed E-state index contributed by atoms with van der Waals surface area (Å²) in [6, 6.07) is 6.37. The van der Waals surface area contributed by atoms with E-state index in [-0.39, 0.29) is 30.4 Å². The highest BCUT2D eigenvalue weighted by atomic mass is 16.6. The highest BCUT2D eigenvalue weighted by Crippen LogP contribution is 2.16. The lowest BCUT2D eigenvalue weighted by atomic mass is 10.1. The van der Waals surface area contributed by atoms with Gasteiger partial charge in [0, 0.05) is 32.7 Å². The van der Waals surface area contributed by atoms with E-state index in [1.165, 1.54) is 17.0 Å². The van der Waals surface area contributed by atoms with Crippen molar-refractivity contribution in [2.45, 2.75) is 39.5 Å². The molecule has 2 N–H and O–H groups in total. The first-order valence-electron chi connectivity index (χ1n) is 10.3. The molecule has 1 aliphatic heterocycles. The summed E-state index contributed by atoms with van der Waals surface area (Å²) in [5.74, 6) is -1.55. The van der Waals surface area contributed by atoms with Crippen LogP contribution in [-0.4, -0.2) is 73.4 Å². The van der Waals surface area contributed by atoms with Crippen molar-refractivity contribution in [3.8, 4) is 5.75 Å². The average molecular weight is 444 g/mol. The van der Waals surface area contributed by atoms with E-state index in [2.05, 4.69) is 4.98 Å². The van der Waals surface area contributed by atoms with Crippen molar-refractivity contribution in [3.05, 3.63) is 57.8 Å². The number of aromatic carboxylic acids is 1. The van der Waals surface area contributed by atoms with Crippen molar-refractivity contribution in [1.82, 2.24) is 19.4 Å². The summed E-state index contributed by atoms with van der Waals surface area (Å²) in [4.78, 5) is 44.0. The molecular weight excluding hydrogens is 416 g/mol. The summed E-state index contributed by atoms with van der Waals surface area (Å²) < 4.78 is 6.57. The Morgan fingerprint density at radius 2 is 1.75 bits per heavy atom. The number of carbonyl (C=O) groups is 2. The van der Waals surface area contributed by atoms with Gasteiger partial charge < -0.3 is 19.8 Å². The number of benzene rings is 1. The van der Waals surface area contributed by atoms with E-state index in [4.69, 9.17) is 4.74 Å². The number of carboxylic acid groups (broad SMARTS) is 1. The number of hydrogen-bond acceptors (Lipinski definition) is 7. The van der Waals surface area contributed by atoms with Gasteiger partial charge in [0.1, 0.15) is 11.3 Å². The molecule has 1 saturated heterocycles. The third-order valence-corrected chi connectivity index (χ3v) is 5.08. The van der Waals surface area contributed by atoms with E-state index in [0.29, 0.717) is 31.7 Å². The van der Waals surface area contributed by atoms with E-state index in [1.807, 2.05) is 25.7 Å². The molecule has 10 nitrogen and oxygen atoms in total. The Balaban J connectivity index is 1.65. The number of carboxylic acids is 1. The number of piperazine rings is 1. The monoisotopic (exact) mass is 444 g/mol. The Morgan fingerprint density at radius 1 is 1.09 bits per heavy atom. The number of aromatic nitrogens is 2. The maximum atomic E-state index is 12.6. The molecule has 3 rings (SSSR count). The maximum Gasteiger partial charge on any atom is 0.410 e. The summed E-state index contributed by atoms with van der Waals surface area (Å²) >= 11 is 0. The molecule has 10 heteroatoms. The highest BCUT2D eigenvalue weighted by molar-refractivity contribution is 5.89. The molecule has 0 atom stereocenters. The number of carbonyl (C=O) groups excluding carboxylic acids is 1. The van der Waals surface area contributed by atoms with Gasteiger partial charge in [0.25, 0.3) is 5.56 Å². The molecular formula is C22H28N4O6. The normalized spacial score (nSPS) is 14.9. The second-order valence-electron chi connectivity index (χ2n) is 8.68. The minimum absolute atomic E-state index is 0.0172. The maximum absolute atomic E-state index is 12.6. The minimum atomic E-state index is -1.09. The van der Waals surface area contributed by atoms with Crippen LogP contribution in [0.1, 0.15) is 42.4 Å². The van der Waals surface area contributed by atoms with Crippen LogP contribution in [0.2, 0.25) is 0 Å². The fourth-order valence-electron chi connectivity index (χ4n) is 3.42. The first-order chi connectivity index (χ1) is 15.0. The Hall–Kier alpha value is -3.40. The standard InChI is InChI=1S/C22H28N4O6/c1-22(2,3)32-21(31)25-10-8-24(9-11-25)13-17-18(27)19(28)26(14-23-17)12-15-6-4-5-7-16(15)20(29)30/h4-7,14,27H,8-13H2,1-3H3,(H,29,30). The van der Waals surface area contributed by atoms with Gasteiger partial charge in [-0.1, -0.05) is 18.2 Å². The number of aromatic hydroxyl groups is 1. The third kappa shape index (κ3) is 5.64. The van der Waals surface area contributed by atoms with Crippen LogP contribution in [0.5, 0.6) is 5.75 Å². The molecule has 1 aliphatic rings. The van der Waals surface area contributed by atoms with Crippen LogP contribution in [0.4, 0.5) is 4.79 Å². The van der Waals surface area contributed by atoms with Crippen molar-refractivity contribution in [1.29, 1.82) is 0 Å². The number of nitrogens with zero attached hydrogens (tertiary/aromatic N) is 4. The smallest absolute Gasteiger partial charge is 0.410 e. The molecule has 1 amide bonds. The van der Waals surface area contributed by atoms with Crippen LogP contribution in [-0.2, 0) is 17.8 Å². The lowest BCUT2D eigenvalue weighted by Crippen LogP contribution is -2.49. The topological polar surface area (TPSA) is 125 Å². The van der Waals surface area contributed by atoms with Crippen molar-refractivity contribution in [2.75, 3.05) is 26.2 Å². The predicted octanol–water partition coefficient (Wildman–Crippen LogP) is 1.75. The molecule has 0 spiro atoms. The van der Waals surface area contributed by atoms with Crippen LogP contribution in [0.3, 0.4) is 0 Å². The van der Waals surface area contributed by atoms with Crippen LogP contribution in [0.25, 0.3) is 0 Å². The fraction of sp³-hybridized carbons (Fsp3) is 0.455. The largest absolute Gasteiger partial charge is 0.502 e. The van der Waals surface area contributed by atoms with Gasteiger partial charge >= 0.3 is 12.1 Å². The zero-order valence-corrected chi connectivity index (χ0v) is 18.4. The van der Waals surface area contributed by atoms with Crippen LogP contribution < -0.4 is 5.56 Å². The summed E-state index contributed by atoms with van der Waals surface area (Å²) in [7, 11) is 0. The van der Waals surface area contributed by atoms with Gasteiger partial charge in [-0.3, -0.25) is 14.3 Å². The molecule has 0 unspecified atom stereocenters. The van der Waals surface area contributed by atoms with Crippen molar-refractivity contribution < 1.29 is 24.5 Å². The predicted molar refractivity (Wildman–Crippen MR) is 116 cm³/mol. The van der Waals surface area contributed by atoms with Crippen molar-refractivity contribution in [3.63, 3.8) is 0 Å². The summed E-state index contributed by atoms with van der Waals surface area (Å²) in [5, 5.41) is 19.7. The lowest BCUT2D eigenvalue weighted by Gasteiger charge is -2.35. The first kappa shape index (κ1) is 23.3. The molecule has 1 fully saturated rings. The molecule has 0 aliphatic carbocycles. The number of rotatable bonds is 5. The molecule has 1 aromatic heterocycles. The van der Waals surface area contributed by atoms with Gasteiger partial charge in [0.05, 0.1) is 18.4 Å². The van der Waals surface area contributed by atoms with Crippen molar-refractivity contribution >= 4 is 12.1 Å². The molecule has 2 heterocycles. The third-order valence-electron chi connectivity index (χ3n) is 5.08. The van der Waals surface area contributed by atoms with Gasteiger partial charge in [0.15, 0.2) is 0 Å². The quantitative estimate of drug-likeness (QED) is 0.715. The molecule has 0 radical (unpaired) electrons. The Bertz CT molecular complexity index is 1050. The zero-order chi connectivity index (χ0) is 23.5. The number of hydrogen-bond donors (Lipinski definition) is 2. The van der Waals surface area contributed by atoms with Gasteiger partial charge in [-0.15, -0.1) is 0 Å². The van der Waals surface area contributed by atoms with E-state index in [0.717, 1.165) is 0 Å². The minimum Gasteiger partial charge on any atom is -0.502 e. The summed E-state index contributed by atoms with van der Waals surface area (Å²) in [6.45, 7) is 7.74. The Morgan fingerprint density at radius 3 is 2.38 bits per heavy atom. The van der Waals surface area contributed by atoms with E-state index in [1.54, 1.807) is 23.1 Å². The lowest BCUT2D eigenvalue weighted by molar-refractivity contribution is 0.0137. The summed E-state index contributed by atoms with van der Waals surface area (Å²) in [6.07, 6.45) is 0.954. The Kier molecular flexibility index (Phi) is 6.83. The van der Waals surface area contributed by atoms with Crippen LogP contribution in [0.15, 0.2) is 35.4 Å². The Labute approximate surface area is 185 Å². The molecule has 0 bridgehead atoms. The van der Waals surface area contributed by atoms with E-state index >= 15 is 0 Å². The van der Waals surface area contributed by atoms with E-state index < -0.39 is 22.9 Å². The second-order valence-corrected chi connectivity index (χ2v) is 8.68. The zero-order valence-electron chi connectivity index (χ0n) is 18.4. The average Bonchev–Trinajstić information content (AvgIpc) is 2.73. The molecule has 0 saturated carbocycles. The fourth-order valence-corrected chi connectivity index (χ4v) is 3.42. The molecule has 172 valence electrons. The molecule has 1 aromatic carbocycles. The van der Waals surface area contributed by atoms with Crippen molar-refractivity contribution in [2.24, 2.45) is 0 Å².